The third-order valence-corrected chi connectivity index (χ3v) is 5.08. The van der Waals surface area contributed by atoms with Crippen molar-refractivity contribution in [3.05, 3.63) is 41.1 Å². The Morgan fingerprint density at radius 3 is 2.84 bits per heavy atom. The molecular weight excluding hydrogens is 334 g/mol. The second-order valence-electron chi connectivity index (χ2n) is 6.48. The second kappa shape index (κ2) is 7.39. The molecule has 0 spiro atoms. The fourth-order valence-electron chi connectivity index (χ4n) is 3.34. The Balaban J connectivity index is 1.95. The van der Waals surface area contributed by atoms with Crippen LogP contribution in [0.1, 0.15) is 46.9 Å². The molecule has 1 aliphatic heterocycles. The summed E-state index contributed by atoms with van der Waals surface area (Å²) in [5.41, 5.74) is 9.47. The largest absolute Gasteiger partial charge is 0.384 e. The van der Waals surface area contributed by atoms with E-state index in [2.05, 4.69) is 9.82 Å². The number of nitrogens with one attached hydrogen (secondary N) is 1. The number of anilines is 2. The zero-order valence-electron chi connectivity index (χ0n) is 15.0. The highest BCUT2D eigenvalue weighted by molar-refractivity contribution is 7.99. The summed E-state index contributed by atoms with van der Waals surface area (Å²) >= 11 is 1.49. The summed E-state index contributed by atoms with van der Waals surface area (Å²) < 4.78 is 4.89. The van der Waals surface area contributed by atoms with Gasteiger partial charge in [0.1, 0.15) is 5.82 Å². The molecule has 1 aliphatic rings. The Labute approximate surface area is 152 Å². The number of amides is 1. The number of carbonyl (C=O) groups is 1. The molecule has 134 valence electrons. The lowest BCUT2D eigenvalue weighted by molar-refractivity contribution is 0.0606. The van der Waals surface area contributed by atoms with Crippen LogP contribution in [0, 0.1) is 6.92 Å². The van der Waals surface area contributed by atoms with Crippen molar-refractivity contribution in [1.29, 1.82) is 0 Å². The van der Waals surface area contributed by atoms with Gasteiger partial charge in [-0.3, -0.25) is 9.48 Å². The van der Waals surface area contributed by atoms with Crippen LogP contribution < -0.4 is 10.5 Å². The van der Waals surface area contributed by atoms with E-state index < -0.39 is 0 Å². The minimum Gasteiger partial charge on any atom is -0.384 e. The van der Waals surface area contributed by atoms with Crippen molar-refractivity contribution in [2.75, 3.05) is 23.3 Å². The molecule has 6 nitrogen and oxygen atoms in total. The van der Waals surface area contributed by atoms with Crippen LogP contribution in [0.25, 0.3) is 0 Å². The van der Waals surface area contributed by atoms with Gasteiger partial charge in [0, 0.05) is 25.9 Å². The van der Waals surface area contributed by atoms with E-state index in [1.165, 1.54) is 11.9 Å². The van der Waals surface area contributed by atoms with Gasteiger partial charge in [-0.25, -0.2) is 0 Å². The van der Waals surface area contributed by atoms with E-state index in [0.717, 1.165) is 42.8 Å². The number of hydrogen-bond acceptors (Lipinski definition) is 5. The van der Waals surface area contributed by atoms with Crippen LogP contribution in [-0.4, -0.2) is 33.4 Å². The summed E-state index contributed by atoms with van der Waals surface area (Å²) in [6, 6.07) is 7.80. The average Bonchev–Trinajstić information content (AvgIpc) is 2.95. The Kier molecular flexibility index (Phi) is 5.22. The fourth-order valence-corrected chi connectivity index (χ4v) is 3.74. The molecule has 1 aromatic carbocycles. The summed E-state index contributed by atoms with van der Waals surface area (Å²) in [7, 11) is 1.83. The Hall–Kier alpha value is -2.15. The first kappa shape index (κ1) is 17.7. The number of piperidine rings is 1. The lowest BCUT2D eigenvalue weighted by Crippen LogP contribution is -2.39. The lowest BCUT2D eigenvalue weighted by atomic mass is 9.97. The molecule has 3 N–H and O–H groups in total. The van der Waals surface area contributed by atoms with Crippen LogP contribution in [0.5, 0.6) is 0 Å². The summed E-state index contributed by atoms with van der Waals surface area (Å²) in [4.78, 5) is 15.3. The van der Waals surface area contributed by atoms with Crippen molar-refractivity contribution in [2.45, 2.75) is 32.2 Å². The van der Waals surface area contributed by atoms with Crippen LogP contribution >= 0.6 is 11.9 Å². The molecule has 7 heteroatoms. The molecule has 1 aromatic heterocycles. The molecule has 0 radical (unpaired) electrons. The van der Waals surface area contributed by atoms with Gasteiger partial charge in [-0.2, -0.15) is 5.10 Å². The Morgan fingerprint density at radius 2 is 2.16 bits per heavy atom. The molecule has 0 aliphatic carbocycles. The van der Waals surface area contributed by atoms with Gasteiger partial charge < -0.3 is 15.4 Å². The third kappa shape index (κ3) is 3.61. The molecule has 2 aromatic rings. The number of nitrogens with zero attached hydrogens (tertiary/aromatic N) is 3. The van der Waals surface area contributed by atoms with Crippen molar-refractivity contribution in [2.24, 2.45) is 7.05 Å². The summed E-state index contributed by atoms with van der Waals surface area (Å²) in [6.07, 6.45) is 4.98. The molecule has 1 atom stereocenters. The minimum absolute atomic E-state index is 0.0209. The Morgan fingerprint density at radius 1 is 1.36 bits per heavy atom. The number of nitrogen functional groups attached to an aromatic ring is 1. The van der Waals surface area contributed by atoms with Gasteiger partial charge in [-0.15, -0.1) is 0 Å². The van der Waals surface area contributed by atoms with Crippen LogP contribution in [0.4, 0.5) is 11.5 Å². The molecular formula is C18H25N5OS. The summed E-state index contributed by atoms with van der Waals surface area (Å²) in [5.74, 6) is 0.669. The maximum absolute atomic E-state index is 13.3. The minimum atomic E-state index is -0.0209. The molecule has 3 rings (SSSR count). The van der Waals surface area contributed by atoms with Crippen LogP contribution in [0.2, 0.25) is 0 Å². The Bertz CT molecular complexity index is 753. The number of aryl methyl sites for hydroxylation is 2. The third-order valence-electron chi connectivity index (χ3n) is 4.66. The number of nitrogens with two attached hydrogens (primary N) is 1. The molecule has 2 heterocycles. The zero-order valence-corrected chi connectivity index (χ0v) is 15.8. The highest BCUT2D eigenvalue weighted by Crippen LogP contribution is 2.33. The summed E-state index contributed by atoms with van der Waals surface area (Å²) in [5, 5.41) is 4.51. The summed E-state index contributed by atoms with van der Waals surface area (Å²) in [6.45, 7) is 2.75. The molecule has 25 heavy (non-hydrogen) atoms. The normalized spacial score (nSPS) is 17.6. The number of benzene rings is 1. The smallest absolute Gasteiger partial charge is 0.256 e. The first-order valence-corrected chi connectivity index (χ1v) is 9.73. The van der Waals surface area contributed by atoms with Gasteiger partial charge in [-0.1, -0.05) is 23.6 Å². The van der Waals surface area contributed by atoms with Crippen molar-refractivity contribution in [1.82, 2.24) is 14.7 Å². The van der Waals surface area contributed by atoms with Crippen molar-refractivity contribution < 1.29 is 4.79 Å². The van der Waals surface area contributed by atoms with Gasteiger partial charge in [0.2, 0.25) is 0 Å². The van der Waals surface area contributed by atoms with E-state index in [4.69, 9.17) is 5.73 Å². The first-order chi connectivity index (χ1) is 12.0. The monoisotopic (exact) mass is 359 g/mol. The molecule has 1 fully saturated rings. The number of carbonyl (C=O) groups excluding carboxylic acids is 1. The van der Waals surface area contributed by atoms with E-state index in [1.807, 2.05) is 49.4 Å². The zero-order chi connectivity index (χ0) is 18.0. The van der Waals surface area contributed by atoms with Gasteiger partial charge in [0.25, 0.3) is 5.91 Å². The van der Waals surface area contributed by atoms with E-state index in [9.17, 15) is 4.79 Å². The molecule has 1 amide bonds. The fraction of sp³-hybridized carbons (Fsp3) is 0.444. The van der Waals surface area contributed by atoms with Gasteiger partial charge in [0.05, 0.1) is 23.0 Å². The highest BCUT2D eigenvalue weighted by atomic mass is 32.2. The molecule has 0 saturated carbocycles. The standard InChI is InChI=1S/C18H25N5OS/c1-12-7-8-14(21-25-3)13(10-12)18(24)23-9-5-4-6-16(23)15-11-17(19)22(2)20-15/h7-8,10-11,16,21H,4-6,9,19H2,1-3H3. The number of rotatable bonds is 4. The first-order valence-electron chi connectivity index (χ1n) is 8.51. The maximum Gasteiger partial charge on any atom is 0.256 e. The van der Waals surface area contributed by atoms with Crippen LogP contribution in [0.3, 0.4) is 0 Å². The predicted octanol–water partition coefficient (Wildman–Crippen LogP) is 3.37. The van der Waals surface area contributed by atoms with E-state index >= 15 is 0 Å². The maximum atomic E-state index is 13.3. The van der Waals surface area contributed by atoms with Gasteiger partial charge in [-0.05, 0) is 38.3 Å². The molecule has 1 saturated heterocycles. The second-order valence-corrected chi connectivity index (χ2v) is 7.10. The van der Waals surface area contributed by atoms with E-state index in [0.29, 0.717) is 11.4 Å². The molecule has 0 bridgehead atoms. The van der Waals surface area contributed by atoms with Gasteiger partial charge >= 0.3 is 0 Å². The SMILES string of the molecule is CSNc1ccc(C)cc1C(=O)N1CCCCC1c1cc(N)n(C)n1. The van der Waals surface area contributed by atoms with Crippen molar-refractivity contribution in [3.8, 4) is 0 Å². The van der Waals surface area contributed by atoms with Crippen molar-refractivity contribution in [3.63, 3.8) is 0 Å². The van der Waals surface area contributed by atoms with Crippen LogP contribution in [-0.2, 0) is 7.05 Å². The van der Waals surface area contributed by atoms with E-state index in [1.54, 1.807) is 4.68 Å². The number of hydrogen-bond donors (Lipinski definition) is 2. The topological polar surface area (TPSA) is 76.2 Å². The van der Waals surface area contributed by atoms with Crippen molar-refractivity contribution >= 4 is 29.4 Å². The van der Waals surface area contributed by atoms with Crippen LogP contribution in [0.15, 0.2) is 24.3 Å². The quantitative estimate of drug-likeness (QED) is 0.819. The number of aromatic nitrogens is 2. The van der Waals surface area contributed by atoms with E-state index in [-0.39, 0.29) is 11.9 Å². The highest BCUT2D eigenvalue weighted by Gasteiger charge is 2.31. The van der Waals surface area contributed by atoms with Gasteiger partial charge in [0.15, 0.2) is 0 Å². The number of likely N-dealkylation sites (tertiary alicyclic amines) is 1. The molecule has 1 unspecified atom stereocenters. The average molecular weight is 359 g/mol. The lowest BCUT2D eigenvalue weighted by Gasteiger charge is -2.35. The predicted molar refractivity (Wildman–Crippen MR) is 104 cm³/mol.